The van der Waals surface area contributed by atoms with Crippen LogP contribution in [0.5, 0.6) is 5.75 Å². The number of ether oxygens (including phenoxy) is 1. The topological polar surface area (TPSA) is 55.6 Å². The van der Waals surface area contributed by atoms with E-state index in [0.717, 1.165) is 34.8 Å². The molecule has 1 aromatic heterocycles. The molecule has 0 unspecified atom stereocenters. The molecule has 2 aromatic carbocycles. The summed E-state index contributed by atoms with van der Waals surface area (Å²) >= 11 is 0. The number of carbonyl (C=O) groups is 1. The maximum Gasteiger partial charge on any atom is 0.271 e. The second-order valence-electron chi connectivity index (χ2n) is 7.07. The molecule has 150 valence electrons. The van der Waals surface area contributed by atoms with E-state index in [1.54, 1.807) is 30.5 Å². The standard InChI is InChI=1S/C24H27N3O2/c1-5-14-29-23-12-8-20(9-13-23)24(28)26-25-16-21-15-18(3)27(19(21)4)22-10-6-17(2)7-11-22/h6-13,15-16H,5,14H2,1-4H3,(H,26,28)/b25-16-. The van der Waals surface area contributed by atoms with Gasteiger partial charge in [0.2, 0.25) is 0 Å². The zero-order valence-electron chi connectivity index (χ0n) is 17.4. The zero-order chi connectivity index (χ0) is 20.8. The molecule has 0 saturated heterocycles. The number of hydrogen-bond donors (Lipinski definition) is 1. The lowest BCUT2D eigenvalue weighted by atomic mass is 10.2. The summed E-state index contributed by atoms with van der Waals surface area (Å²) in [5.74, 6) is 0.506. The Bertz CT molecular complexity index is 1000. The van der Waals surface area contributed by atoms with Gasteiger partial charge in [-0.1, -0.05) is 24.6 Å². The van der Waals surface area contributed by atoms with Crippen LogP contribution in [0.2, 0.25) is 0 Å². The molecular weight excluding hydrogens is 362 g/mol. The predicted molar refractivity (Wildman–Crippen MR) is 117 cm³/mol. The van der Waals surface area contributed by atoms with E-state index in [1.165, 1.54) is 5.56 Å². The van der Waals surface area contributed by atoms with Gasteiger partial charge in [0.15, 0.2) is 0 Å². The van der Waals surface area contributed by atoms with E-state index in [-0.39, 0.29) is 5.91 Å². The van der Waals surface area contributed by atoms with Gasteiger partial charge in [-0.25, -0.2) is 5.43 Å². The van der Waals surface area contributed by atoms with Crippen LogP contribution in [0.4, 0.5) is 0 Å². The number of hydrogen-bond acceptors (Lipinski definition) is 3. The number of rotatable bonds is 7. The molecular formula is C24H27N3O2. The molecule has 0 bridgehead atoms. The number of aryl methyl sites for hydroxylation is 2. The van der Waals surface area contributed by atoms with Crippen LogP contribution >= 0.6 is 0 Å². The zero-order valence-corrected chi connectivity index (χ0v) is 17.4. The van der Waals surface area contributed by atoms with Gasteiger partial charge in [-0.2, -0.15) is 5.10 Å². The highest BCUT2D eigenvalue weighted by Gasteiger charge is 2.10. The minimum absolute atomic E-state index is 0.254. The van der Waals surface area contributed by atoms with Crippen molar-refractivity contribution in [2.24, 2.45) is 5.10 Å². The number of aromatic nitrogens is 1. The largest absolute Gasteiger partial charge is 0.494 e. The van der Waals surface area contributed by atoms with Crippen molar-refractivity contribution < 1.29 is 9.53 Å². The van der Waals surface area contributed by atoms with Crippen LogP contribution in [-0.2, 0) is 0 Å². The quantitative estimate of drug-likeness (QED) is 0.459. The first-order valence-electron chi connectivity index (χ1n) is 9.82. The molecule has 1 heterocycles. The number of amides is 1. The summed E-state index contributed by atoms with van der Waals surface area (Å²) in [6.45, 7) is 8.90. The van der Waals surface area contributed by atoms with Crippen LogP contribution < -0.4 is 10.2 Å². The van der Waals surface area contributed by atoms with E-state index in [4.69, 9.17) is 4.74 Å². The minimum atomic E-state index is -0.254. The number of benzene rings is 2. The molecule has 0 atom stereocenters. The van der Waals surface area contributed by atoms with Gasteiger partial charge in [0.05, 0.1) is 12.8 Å². The molecule has 1 amide bonds. The Hall–Kier alpha value is -3.34. The molecule has 0 spiro atoms. The summed E-state index contributed by atoms with van der Waals surface area (Å²) < 4.78 is 7.71. The second kappa shape index (κ2) is 9.24. The van der Waals surface area contributed by atoms with Crippen molar-refractivity contribution >= 4 is 12.1 Å². The summed E-state index contributed by atoms with van der Waals surface area (Å²) in [6, 6.07) is 17.5. The van der Waals surface area contributed by atoms with Gasteiger partial charge in [-0.3, -0.25) is 4.79 Å². The molecule has 0 aliphatic heterocycles. The maximum atomic E-state index is 12.3. The Morgan fingerprint density at radius 1 is 1.07 bits per heavy atom. The fraction of sp³-hybridized carbons (Fsp3) is 0.250. The minimum Gasteiger partial charge on any atom is -0.494 e. The van der Waals surface area contributed by atoms with Crippen LogP contribution in [0.1, 0.15) is 46.2 Å². The molecule has 0 fully saturated rings. The number of nitrogens with one attached hydrogen (secondary N) is 1. The molecule has 0 aliphatic rings. The monoisotopic (exact) mass is 389 g/mol. The van der Waals surface area contributed by atoms with Crippen LogP contribution in [-0.4, -0.2) is 23.3 Å². The summed E-state index contributed by atoms with van der Waals surface area (Å²) in [5.41, 5.74) is 8.62. The summed E-state index contributed by atoms with van der Waals surface area (Å²) in [4.78, 5) is 12.3. The number of hydrazone groups is 1. The van der Waals surface area contributed by atoms with Crippen molar-refractivity contribution in [2.75, 3.05) is 6.61 Å². The van der Waals surface area contributed by atoms with Crippen LogP contribution in [0, 0.1) is 20.8 Å². The lowest BCUT2D eigenvalue weighted by Gasteiger charge is -2.09. The average molecular weight is 389 g/mol. The lowest BCUT2D eigenvalue weighted by molar-refractivity contribution is 0.0955. The highest BCUT2D eigenvalue weighted by Crippen LogP contribution is 2.20. The maximum absolute atomic E-state index is 12.3. The lowest BCUT2D eigenvalue weighted by Crippen LogP contribution is -2.17. The van der Waals surface area contributed by atoms with Crippen molar-refractivity contribution in [2.45, 2.75) is 34.1 Å². The fourth-order valence-electron chi connectivity index (χ4n) is 3.16. The molecule has 29 heavy (non-hydrogen) atoms. The smallest absolute Gasteiger partial charge is 0.271 e. The third-order valence-electron chi connectivity index (χ3n) is 4.72. The van der Waals surface area contributed by atoms with Crippen molar-refractivity contribution in [3.8, 4) is 11.4 Å². The van der Waals surface area contributed by atoms with Gasteiger partial charge >= 0.3 is 0 Å². The second-order valence-corrected chi connectivity index (χ2v) is 7.07. The first-order chi connectivity index (χ1) is 14.0. The first-order valence-corrected chi connectivity index (χ1v) is 9.82. The van der Waals surface area contributed by atoms with E-state index in [2.05, 4.69) is 66.2 Å². The number of nitrogens with zero attached hydrogens (tertiary/aromatic N) is 2. The van der Waals surface area contributed by atoms with Crippen LogP contribution in [0.25, 0.3) is 5.69 Å². The Balaban J connectivity index is 1.68. The van der Waals surface area contributed by atoms with Crippen molar-refractivity contribution in [1.82, 2.24) is 9.99 Å². The van der Waals surface area contributed by atoms with Gasteiger partial charge in [0.1, 0.15) is 5.75 Å². The normalized spacial score (nSPS) is 11.0. The Morgan fingerprint density at radius 2 is 1.76 bits per heavy atom. The number of carbonyl (C=O) groups excluding carboxylic acids is 1. The Kier molecular flexibility index (Phi) is 6.50. The molecule has 5 heteroatoms. The van der Waals surface area contributed by atoms with Crippen LogP contribution in [0.15, 0.2) is 59.7 Å². The molecule has 5 nitrogen and oxygen atoms in total. The van der Waals surface area contributed by atoms with Gasteiger partial charge in [0, 0.05) is 28.2 Å². The highest BCUT2D eigenvalue weighted by molar-refractivity contribution is 5.95. The van der Waals surface area contributed by atoms with Gasteiger partial charge in [-0.15, -0.1) is 0 Å². The van der Waals surface area contributed by atoms with Gasteiger partial charge in [-0.05, 0) is 69.7 Å². The third-order valence-corrected chi connectivity index (χ3v) is 4.72. The molecule has 1 N–H and O–H groups in total. The van der Waals surface area contributed by atoms with E-state index < -0.39 is 0 Å². The fourth-order valence-corrected chi connectivity index (χ4v) is 3.16. The van der Waals surface area contributed by atoms with Gasteiger partial charge < -0.3 is 9.30 Å². The van der Waals surface area contributed by atoms with E-state index in [0.29, 0.717) is 12.2 Å². The van der Waals surface area contributed by atoms with Gasteiger partial charge in [0.25, 0.3) is 5.91 Å². The molecule has 3 rings (SSSR count). The highest BCUT2D eigenvalue weighted by atomic mass is 16.5. The summed E-state index contributed by atoms with van der Waals surface area (Å²) in [6.07, 6.45) is 2.63. The first kappa shape index (κ1) is 20.4. The molecule has 3 aromatic rings. The van der Waals surface area contributed by atoms with E-state index in [9.17, 15) is 4.79 Å². The average Bonchev–Trinajstić information content (AvgIpc) is 3.00. The summed E-state index contributed by atoms with van der Waals surface area (Å²) in [7, 11) is 0. The van der Waals surface area contributed by atoms with Crippen molar-refractivity contribution in [3.05, 3.63) is 82.7 Å². The van der Waals surface area contributed by atoms with Crippen LogP contribution in [0.3, 0.4) is 0 Å². The molecule has 0 saturated carbocycles. The summed E-state index contributed by atoms with van der Waals surface area (Å²) in [5, 5.41) is 4.14. The Labute approximate surface area is 172 Å². The predicted octanol–water partition coefficient (Wildman–Crippen LogP) is 4.96. The molecule has 0 aliphatic carbocycles. The van der Waals surface area contributed by atoms with Crippen molar-refractivity contribution in [1.29, 1.82) is 0 Å². The van der Waals surface area contributed by atoms with E-state index >= 15 is 0 Å². The molecule has 0 radical (unpaired) electrons. The Morgan fingerprint density at radius 3 is 2.41 bits per heavy atom. The van der Waals surface area contributed by atoms with Crippen molar-refractivity contribution in [3.63, 3.8) is 0 Å². The SMILES string of the molecule is CCCOc1ccc(C(=O)N/N=C\c2cc(C)n(-c3ccc(C)cc3)c2C)cc1. The third kappa shape index (κ3) is 4.93. The van der Waals surface area contributed by atoms with E-state index in [1.807, 2.05) is 6.92 Å².